The fourth-order valence-corrected chi connectivity index (χ4v) is 7.77. The summed E-state index contributed by atoms with van der Waals surface area (Å²) in [5.41, 5.74) is 3.55. The first-order valence-electron chi connectivity index (χ1n) is 13.9. The second-order valence-corrected chi connectivity index (χ2v) is 11.7. The van der Waals surface area contributed by atoms with Gasteiger partial charge in [0, 0.05) is 31.0 Å². The number of piperidine rings is 1. The summed E-state index contributed by atoms with van der Waals surface area (Å²) in [7, 11) is 2.04. The Balaban J connectivity index is 1.11. The predicted molar refractivity (Wildman–Crippen MR) is 146 cm³/mol. The summed E-state index contributed by atoms with van der Waals surface area (Å²) in [6.07, 6.45) is 7.93. The Labute approximate surface area is 227 Å². The number of allylic oxidation sites excluding steroid dienone is 4. The molecule has 1 amide bonds. The number of rotatable bonds is 5. The molecule has 7 rings (SSSR count). The molecule has 1 saturated heterocycles. The van der Waals surface area contributed by atoms with E-state index in [1.165, 1.54) is 0 Å². The zero-order chi connectivity index (χ0) is 26.9. The number of hydrogen-bond donors (Lipinski definition) is 2. The van der Waals surface area contributed by atoms with Gasteiger partial charge in [0.25, 0.3) is 5.91 Å². The van der Waals surface area contributed by atoms with Gasteiger partial charge in [0.2, 0.25) is 0 Å². The van der Waals surface area contributed by atoms with Crippen LogP contribution in [-0.4, -0.2) is 65.4 Å². The Kier molecular flexibility index (Phi) is 5.48. The van der Waals surface area contributed by atoms with Crippen LogP contribution >= 0.6 is 0 Å². The zero-order valence-corrected chi connectivity index (χ0v) is 22.0. The van der Waals surface area contributed by atoms with Gasteiger partial charge < -0.3 is 20.1 Å². The number of carbonyl (C=O) groups is 3. The lowest BCUT2D eigenvalue weighted by Gasteiger charge is -2.62. The minimum Gasteiger partial charge on any atom is -0.480 e. The number of likely N-dealkylation sites (tertiary alicyclic amines) is 1. The van der Waals surface area contributed by atoms with Gasteiger partial charge in [-0.1, -0.05) is 42.5 Å². The van der Waals surface area contributed by atoms with Gasteiger partial charge >= 0.3 is 0 Å². The van der Waals surface area contributed by atoms with Crippen LogP contribution in [0.5, 0.6) is 5.75 Å². The van der Waals surface area contributed by atoms with E-state index in [1.54, 1.807) is 6.08 Å². The number of carbonyl (C=O) groups excluding carboxylic acids is 3. The van der Waals surface area contributed by atoms with Crippen LogP contribution in [0.2, 0.25) is 0 Å². The number of nitrogens with zero attached hydrogens (tertiary/aromatic N) is 1. The lowest BCUT2D eigenvalue weighted by atomic mass is 9.49. The van der Waals surface area contributed by atoms with Crippen molar-refractivity contribution in [2.45, 2.75) is 61.7 Å². The third kappa shape index (κ3) is 3.46. The molecule has 2 heterocycles. The van der Waals surface area contributed by atoms with Crippen molar-refractivity contribution in [1.82, 2.24) is 10.2 Å². The van der Waals surface area contributed by atoms with E-state index in [-0.39, 0.29) is 23.5 Å². The molecule has 7 nitrogen and oxygen atoms in total. The summed E-state index contributed by atoms with van der Waals surface area (Å²) in [5.74, 6) is 0.379. The highest BCUT2D eigenvalue weighted by Crippen LogP contribution is 2.63. The van der Waals surface area contributed by atoms with Crippen molar-refractivity contribution in [3.05, 3.63) is 82.4 Å². The second kappa shape index (κ2) is 8.73. The standard InChI is InChI=1S/C32H32N2O5/c1-34-16-14-31-27-22-9-10-24(28(27)39-29(31)25(36)11-13-32(31,38)26(34)18-22)30(37)33-15-12-19-5-7-20(8-6-19)21-3-2-4-23(35)17-21/h2-3,5-10,17,26,29,38H,4,11-16,18H2,1H3,(H,33,37)/t26-,29+,31+,32-/m1/s1. The third-order valence-electron chi connectivity index (χ3n) is 9.71. The summed E-state index contributed by atoms with van der Waals surface area (Å²) in [6, 6.07) is 11.8. The van der Waals surface area contributed by atoms with Crippen molar-refractivity contribution < 1.29 is 24.2 Å². The summed E-state index contributed by atoms with van der Waals surface area (Å²) in [4.78, 5) is 40.4. The maximum absolute atomic E-state index is 13.4. The largest absolute Gasteiger partial charge is 0.480 e. The van der Waals surface area contributed by atoms with E-state index in [0.29, 0.717) is 56.4 Å². The number of aliphatic hydroxyl groups is 1. The first kappa shape index (κ1) is 24.5. The highest BCUT2D eigenvalue weighted by atomic mass is 16.5. The molecule has 3 aliphatic carbocycles. The molecule has 39 heavy (non-hydrogen) atoms. The molecule has 2 aromatic carbocycles. The monoisotopic (exact) mass is 524 g/mol. The number of ketones is 2. The number of hydrogen-bond acceptors (Lipinski definition) is 6. The van der Waals surface area contributed by atoms with E-state index in [4.69, 9.17) is 4.74 Å². The predicted octanol–water partition coefficient (Wildman–Crippen LogP) is 2.92. The van der Waals surface area contributed by atoms with Gasteiger partial charge in [0.15, 0.2) is 17.7 Å². The Hall–Kier alpha value is -3.55. The van der Waals surface area contributed by atoms with Crippen LogP contribution in [0.15, 0.2) is 54.6 Å². The van der Waals surface area contributed by atoms with E-state index in [2.05, 4.69) is 10.2 Å². The van der Waals surface area contributed by atoms with Gasteiger partial charge in [-0.3, -0.25) is 14.4 Å². The number of ether oxygens (including phenoxy) is 1. The van der Waals surface area contributed by atoms with E-state index in [9.17, 15) is 19.5 Å². The van der Waals surface area contributed by atoms with Crippen LogP contribution in [-0.2, 0) is 27.8 Å². The average Bonchev–Trinajstić information content (AvgIpc) is 3.29. The summed E-state index contributed by atoms with van der Waals surface area (Å²) >= 11 is 0. The summed E-state index contributed by atoms with van der Waals surface area (Å²) < 4.78 is 6.36. The number of likely N-dealkylation sites (N-methyl/N-ethyl adjacent to an activating group) is 1. The molecular weight excluding hydrogens is 492 g/mol. The number of nitrogens with one attached hydrogen (secondary N) is 1. The Morgan fingerprint density at radius 3 is 2.77 bits per heavy atom. The zero-order valence-electron chi connectivity index (χ0n) is 22.0. The lowest BCUT2D eigenvalue weighted by Crippen LogP contribution is -2.76. The highest BCUT2D eigenvalue weighted by molar-refractivity contribution is 6.02. The van der Waals surface area contributed by atoms with E-state index in [0.717, 1.165) is 34.4 Å². The fraction of sp³-hybridized carbons (Fsp3) is 0.406. The first-order chi connectivity index (χ1) is 18.8. The molecule has 2 N–H and O–H groups in total. The van der Waals surface area contributed by atoms with Gasteiger partial charge in [-0.15, -0.1) is 0 Å². The smallest absolute Gasteiger partial charge is 0.255 e. The molecule has 5 aliphatic rings. The first-order valence-corrected chi connectivity index (χ1v) is 13.9. The molecule has 0 unspecified atom stereocenters. The van der Waals surface area contributed by atoms with Gasteiger partial charge in [-0.2, -0.15) is 0 Å². The minimum absolute atomic E-state index is 0.0191. The quantitative estimate of drug-likeness (QED) is 0.625. The molecule has 200 valence electrons. The SMILES string of the molecule is CN1CC[C@]23c4c5ccc(C(=O)NCCc6ccc(C7=CC(=O)CC=C7)cc6)c4O[C@H]2C(=O)CC[C@@]3(O)[C@H]1C5. The molecule has 2 aromatic rings. The molecule has 7 heteroatoms. The molecule has 0 radical (unpaired) electrons. The van der Waals surface area contributed by atoms with Crippen molar-refractivity contribution in [2.24, 2.45) is 0 Å². The van der Waals surface area contributed by atoms with E-state index >= 15 is 0 Å². The van der Waals surface area contributed by atoms with Gasteiger partial charge in [0.1, 0.15) is 5.75 Å². The second-order valence-electron chi connectivity index (χ2n) is 11.7. The number of benzene rings is 2. The van der Waals surface area contributed by atoms with Crippen molar-refractivity contribution in [2.75, 3.05) is 20.1 Å². The maximum atomic E-state index is 13.4. The van der Waals surface area contributed by atoms with Crippen LogP contribution in [0, 0.1) is 0 Å². The van der Waals surface area contributed by atoms with Gasteiger partial charge in [-0.05, 0) is 73.7 Å². The molecule has 2 bridgehead atoms. The normalized spacial score (nSPS) is 30.5. The van der Waals surface area contributed by atoms with Crippen molar-refractivity contribution >= 4 is 23.0 Å². The third-order valence-corrected chi connectivity index (χ3v) is 9.71. The van der Waals surface area contributed by atoms with E-state index in [1.807, 2.05) is 55.6 Å². The molecule has 2 aliphatic heterocycles. The van der Waals surface area contributed by atoms with Crippen LogP contribution in [0.4, 0.5) is 0 Å². The topological polar surface area (TPSA) is 95.9 Å². The molecule has 4 atom stereocenters. The molecule has 2 fully saturated rings. The Morgan fingerprint density at radius 2 is 1.97 bits per heavy atom. The minimum atomic E-state index is -1.05. The molecule has 1 spiro atoms. The average molecular weight is 525 g/mol. The van der Waals surface area contributed by atoms with Gasteiger partial charge in [-0.25, -0.2) is 0 Å². The van der Waals surface area contributed by atoms with Crippen LogP contribution < -0.4 is 10.1 Å². The van der Waals surface area contributed by atoms with E-state index < -0.39 is 17.1 Å². The molecular formula is C32H32N2O5. The van der Waals surface area contributed by atoms with Crippen molar-refractivity contribution in [3.8, 4) is 5.75 Å². The summed E-state index contributed by atoms with van der Waals surface area (Å²) in [6.45, 7) is 1.22. The highest BCUT2D eigenvalue weighted by Gasteiger charge is 2.72. The van der Waals surface area contributed by atoms with Crippen molar-refractivity contribution in [1.29, 1.82) is 0 Å². The fourth-order valence-electron chi connectivity index (χ4n) is 7.77. The van der Waals surface area contributed by atoms with Crippen LogP contribution in [0.25, 0.3) is 5.57 Å². The van der Waals surface area contributed by atoms with Crippen molar-refractivity contribution in [3.63, 3.8) is 0 Å². The lowest BCUT2D eigenvalue weighted by molar-refractivity contribution is -0.185. The molecule has 0 aromatic heterocycles. The maximum Gasteiger partial charge on any atom is 0.255 e. The van der Waals surface area contributed by atoms with Crippen LogP contribution in [0.1, 0.15) is 58.3 Å². The number of amides is 1. The Bertz CT molecular complexity index is 1470. The molecule has 1 saturated carbocycles. The number of Topliss-reactive ketones (excluding diaryl/α,β-unsaturated/α-hetero) is 1. The summed E-state index contributed by atoms with van der Waals surface area (Å²) in [5, 5.41) is 15.1. The van der Waals surface area contributed by atoms with Gasteiger partial charge in [0.05, 0.1) is 16.6 Å². The Morgan fingerprint density at radius 1 is 1.15 bits per heavy atom. The van der Waals surface area contributed by atoms with Crippen LogP contribution in [0.3, 0.4) is 0 Å².